The molecule has 0 saturated carbocycles. The summed E-state index contributed by atoms with van der Waals surface area (Å²) < 4.78 is 11.6. The number of hydrogen-bond acceptors (Lipinski definition) is 4. The van der Waals surface area contributed by atoms with Gasteiger partial charge in [0, 0.05) is 13.2 Å². The predicted molar refractivity (Wildman–Crippen MR) is 80.4 cm³/mol. The summed E-state index contributed by atoms with van der Waals surface area (Å²) in [4.78, 5) is 14.5. The molecule has 5 heteroatoms. The van der Waals surface area contributed by atoms with E-state index in [4.69, 9.17) is 15.2 Å². The molecule has 1 amide bonds. The van der Waals surface area contributed by atoms with Crippen molar-refractivity contribution in [2.45, 2.75) is 44.9 Å². The second-order valence-corrected chi connectivity index (χ2v) is 6.29. The zero-order chi connectivity index (χ0) is 15.0. The predicted octanol–water partition coefficient (Wildman–Crippen LogP) is 1.83. The number of nitrogens with two attached hydrogens (primary N) is 1. The topological polar surface area (TPSA) is 64.8 Å². The second-order valence-electron chi connectivity index (χ2n) is 6.29. The van der Waals surface area contributed by atoms with Crippen molar-refractivity contribution in [3.63, 3.8) is 0 Å². The number of amides is 1. The third-order valence-electron chi connectivity index (χ3n) is 3.95. The summed E-state index contributed by atoms with van der Waals surface area (Å²) in [6.45, 7) is 5.63. The fourth-order valence-electron chi connectivity index (χ4n) is 2.93. The molecular formula is C16H22N2O3. The van der Waals surface area contributed by atoms with Crippen molar-refractivity contribution >= 4 is 11.6 Å². The van der Waals surface area contributed by atoms with E-state index < -0.39 is 5.60 Å². The zero-order valence-electron chi connectivity index (χ0n) is 12.6. The van der Waals surface area contributed by atoms with Crippen LogP contribution in [0.4, 0.5) is 5.69 Å². The highest BCUT2D eigenvalue weighted by atomic mass is 16.5. The van der Waals surface area contributed by atoms with Crippen LogP contribution in [0.5, 0.6) is 5.75 Å². The van der Waals surface area contributed by atoms with E-state index in [1.165, 1.54) is 0 Å². The van der Waals surface area contributed by atoms with Gasteiger partial charge in [-0.15, -0.1) is 0 Å². The lowest BCUT2D eigenvalue weighted by atomic mass is 10.0. The quantitative estimate of drug-likeness (QED) is 0.902. The molecule has 3 rings (SSSR count). The Labute approximate surface area is 125 Å². The summed E-state index contributed by atoms with van der Waals surface area (Å²) in [6, 6.07) is 5.78. The van der Waals surface area contributed by atoms with Crippen LogP contribution in [0, 0.1) is 0 Å². The Balaban J connectivity index is 1.95. The van der Waals surface area contributed by atoms with Gasteiger partial charge in [-0.05, 0) is 44.4 Å². The van der Waals surface area contributed by atoms with Gasteiger partial charge in [0.05, 0.1) is 12.2 Å². The molecule has 1 atom stereocenters. The molecule has 0 spiro atoms. The zero-order valence-corrected chi connectivity index (χ0v) is 12.6. The van der Waals surface area contributed by atoms with Gasteiger partial charge in [0.2, 0.25) is 0 Å². The van der Waals surface area contributed by atoms with Crippen LogP contribution in [0.15, 0.2) is 18.2 Å². The maximum absolute atomic E-state index is 12.7. The Hall–Kier alpha value is -1.59. The van der Waals surface area contributed by atoms with Crippen LogP contribution in [0.2, 0.25) is 0 Å². The standard InChI is InChI=1S/C16H22N2O3/c1-16(2)10-18(15(19)13-4-3-7-20-13)12-6-5-11(9-17)8-14(12)21-16/h5-6,8,13H,3-4,7,9-10,17H2,1-2H3. The molecule has 2 aliphatic rings. The monoisotopic (exact) mass is 290 g/mol. The van der Waals surface area contributed by atoms with E-state index in [1.807, 2.05) is 32.0 Å². The van der Waals surface area contributed by atoms with Gasteiger partial charge in [-0.1, -0.05) is 6.07 Å². The molecule has 1 aromatic rings. The minimum Gasteiger partial charge on any atom is -0.484 e. The number of nitrogens with zero attached hydrogens (tertiary/aromatic N) is 1. The third kappa shape index (κ3) is 2.76. The molecule has 1 saturated heterocycles. The first-order chi connectivity index (χ1) is 10.00. The third-order valence-corrected chi connectivity index (χ3v) is 3.95. The normalized spacial score (nSPS) is 23.6. The van der Waals surface area contributed by atoms with Gasteiger partial charge in [0.15, 0.2) is 0 Å². The van der Waals surface area contributed by atoms with Crippen molar-refractivity contribution in [2.75, 3.05) is 18.1 Å². The van der Waals surface area contributed by atoms with Crippen LogP contribution in [-0.4, -0.2) is 30.8 Å². The Bertz CT molecular complexity index is 550. The van der Waals surface area contributed by atoms with Crippen molar-refractivity contribution < 1.29 is 14.3 Å². The highest BCUT2D eigenvalue weighted by Crippen LogP contribution is 2.38. The fourth-order valence-corrected chi connectivity index (χ4v) is 2.93. The van der Waals surface area contributed by atoms with Crippen molar-refractivity contribution in [3.05, 3.63) is 23.8 Å². The molecule has 2 N–H and O–H groups in total. The number of ether oxygens (including phenoxy) is 2. The average Bonchev–Trinajstić information content (AvgIpc) is 2.98. The molecule has 2 aliphatic heterocycles. The van der Waals surface area contributed by atoms with Gasteiger partial charge in [-0.25, -0.2) is 0 Å². The minimum atomic E-state index is -0.422. The average molecular weight is 290 g/mol. The maximum atomic E-state index is 12.7. The number of hydrogen-bond donors (Lipinski definition) is 1. The lowest BCUT2D eigenvalue weighted by Gasteiger charge is -2.40. The summed E-state index contributed by atoms with van der Waals surface area (Å²) in [7, 11) is 0. The van der Waals surface area contributed by atoms with Gasteiger partial charge in [0.1, 0.15) is 17.5 Å². The highest BCUT2D eigenvalue weighted by Gasteiger charge is 2.38. The van der Waals surface area contributed by atoms with E-state index >= 15 is 0 Å². The number of fused-ring (bicyclic) bond motifs is 1. The molecule has 0 bridgehead atoms. The maximum Gasteiger partial charge on any atom is 0.256 e. The van der Waals surface area contributed by atoms with E-state index in [-0.39, 0.29) is 12.0 Å². The minimum absolute atomic E-state index is 0.0330. The first-order valence-corrected chi connectivity index (χ1v) is 7.45. The summed E-state index contributed by atoms with van der Waals surface area (Å²) in [5.41, 5.74) is 7.07. The second kappa shape index (κ2) is 5.31. The van der Waals surface area contributed by atoms with Crippen LogP contribution < -0.4 is 15.4 Å². The number of benzene rings is 1. The number of rotatable bonds is 2. The number of carbonyl (C=O) groups is 1. The Morgan fingerprint density at radius 2 is 2.29 bits per heavy atom. The number of anilines is 1. The van der Waals surface area contributed by atoms with Crippen LogP contribution in [0.25, 0.3) is 0 Å². The molecule has 21 heavy (non-hydrogen) atoms. The Morgan fingerprint density at radius 3 is 2.95 bits per heavy atom. The smallest absolute Gasteiger partial charge is 0.256 e. The largest absolute Gasteiger partial charge is 0.484 e. The molecule has 5 nitrogen and oxygen atoms in total. The Morgan fingerprint density at radius 1 is 1.48 bits per heavy atom. The van der Waals surface area contributed by atoms with Gasteiger partial charge >= 0.3 is 0 Å². The molecule has 0 aliphatic carbocycles. The SMILES string of the molecule is CC1(C)CN(C(=O)C2CCCO2)c2ccc(CN)cc2O1. The first kappa shape index (κ1) is 14.4. The van der Waals surface area contributed by atoms with E-state index in [1.54, 1.807) is 4.90 Å². The van der Waals surface area contributed by atoms with E-state index in [2.05, 4.69) is 0 Å². The molecule has 1 fully saturated rings. The van der Waals surface area contributed by atoms with Crippen LogP contribution >= 0.6 is 0 Å². The summed E-state index contributed by atoms with van der Waals surface area (Å²) >= 11 is 0. The summed E-state index contributed by atoms with van der Waals surface area (Å²) in [5.74, 6) is 0.756. The van der Waals surface area contributed by atoms with Crippen molar-refractivity contribution in [2.24, 2.45) is 5.73 Å². The molecule has 2 heterocycles. The summed E-state index contributed by atoms with van der Waals surface area (Å²) in [5, 5.41) is 0. The molecule has 0 radical (unpaired) electrons. The summed E-state index contributed by atoms with van der Waals surface area (Å²) in [6.07, 6.45) is 1.43. The van der Waals surface area contributed by atoms with E-state index in [0.29, 0.717) is 19.7 Å². The molecule has 114 valence electrons. The van der Waals surface area contributed by atoms with Crippen LogP contribution in [0.3, 0.4) is 0 Å². The van der Waals surface area contributed by atoms with E-state index in [0.717, 1.165) is 29.8 Å². The molecule has 0 aromatic heterocycles. The van der Waals surface area contributed by atoms with Gasteiger partial charge < -0.3 is 20.1 Å². The molecule has 1 aromatic carbocycles. The van der Waals surface area contributed by atoms with Crippen LogP contribution in [-0.2, 0) is 16.1 Å². The molecular weight excluding hydrogens is 268 g/mol. The van der Waals surface area contributed by atoms with Crippen molar-refractivity contribution in [1.29, 1.82) is 0 Å². The van der Waals surface area contributed by atoms with Gasteiger partial charge in [0.25, 0.3) is 5.91 Å². The lowest BCUT2D eigenvalue weighted by molar-refractivity contribution is -0.128. The van der Waals surface area contributed by atoms with Crippen LogP contribution in [0.1, 0.15) is 32.3 Å². The number of carbonyl (C=O) groups excluding carboxylic acids is 1. The Kier molecular flexibility index (Phi) is 3.63. The fraction of sp³-hybridized carbons (Fsp3) is 0.562. The lowest BCUT2D eigenvalue weighted by Crippen LogP contribution is -2.52. The van der Waals surface area contributed by atoms with Gasteiger partial charge in [-0.3, -0.25) is 4.79 Å². The van der Waals surface area contributed by atoms with Crippen molar-refractivity contribution in [3.8, 4) is 5.75 Å². The van der Waals surface area contributed by atoms with Crippen molar-refractivity contribution in [1.82, 2.24) is 0 Å². The van der Waals surface area contributed by atoms with E-state index in [9.17, 15) is 4.79 Å². The molecule has 1 unspecified atom stereocenters. The first-order valence-electron chi connectivity index (χ1n) is 7.45. The highest BCUT2D eigenvalue weighted by molar-refractivity contribution is 5.98. The van der Waals surface area contributed by atoms with Gasteiger partial charge in [-0.2, -0.15) is 0 Å².